The van der Waals surface area contributed by atoms with Crippen LogP contribution in [-0.2, 0) is 0 Å². The molecular formula is C15H23N. The van der Waals surface area contributed by atoms with E-state index in [0.717, 1.165) is 19.4 Å². The maximum atomic E-state index is 5.50. The summed E-state index contributed by atoms with van der Waals surface area (Å²) in [7, 11) is 0. The highest BCUT2D eigenvalue weighted by Gasteiger charge is 2.03. The van der Waals surface area contributed by atoms with Gasteiger partial charge in [0.15, 0.2) is 0 Å². The van der Waals surface area contributed by atoms with Crippen LogP contribution in [0.1, 0.15) is 42.0 Å². The van der Waals surface area contributed by atoms with Crippen LogP contribution in [0.25, 0.3) is 5.57 Å². The summed E-state index contributed by atoms with van der Waals surface area (Å²) < 4.78 is 0. The third-order valence-corrected chi connectivity index (χ3v) is 3.12. The highest BCUT2D eigenvalue weighted by atomic mass is 14.5. The van der Waals surface area contributed by atoms with Crippen molar-refractivity contribution in [1.82, 2.24) is 0 Å². The largest absolute Gasteiger partial charge is 0.330 e. The van der Waals surface area contributed by atoms with Crippen molar-refractivity contribution in [2.75, 3.05) is 6.54 Å². The molecule has 0 atom stereocenters. The van der Waals surface area contributed by atoms with Crippen molar-refractivity contribution >= 4 is 5.57 Å². The number of allylic oxidation sites excluding steroid dienone is 2. The first-order chi connectivity index (χ1) is 7.56. The number of hydrogen-bond donors (Lipinski definition) is 1. The Morgan fingerprint density at radius 2 is 1.75 bits per heavy atom. The average molecular weight is 217 g/mol. The number of hydrogen-bond acceptors (Lipinski definition) is 1. The fourth-order valence-corrected chi connectivity index (χ4v) is 1.93. The third kappa shape index (κ3) is 3.21. The zero-order valence-electron chi connectivity index (χ0n) is 10.9. The molecule has 0 saturated heterocycles. The number of rotatable bonds is 4. The third-order valence-electron chi connectivity index (χ3n) is 3.12. The van der Waals surface area contributed by atoms with Crippen molar-refractivity contribution in [3.05, 3.63) is 40.5 Å². The van der Waals surface area contributed by atoms with Gasteiger partial charge in [-0.25, -0.2) is 0 Å². The van der Waals surface area contributed by atoms with Crippen molar-refractivity contribution in [1.29, 1.82) is 0 Å². The average Bonchev–Trinajstić information content (AvgIpc) is 2.23. The lowest BCUT2D eigenvalue weighted by molar-refractivity contribution is 0.855. The lowest BCUT2D eigenvalue weighted by atomic mass is 9.95. The van der Waals surface area contributed by atoms with E-state index in [1.807, 2.05) is 0 Å². The smallest absolute Gasteiger partial charge is 0.00743 e. The van der Waals surface area contributed by atoms with Crippen LogP contribution in [0.2, 0.25) is 0 Å². The molecule has 1 aromatic carbocycles. The number of nitrogens with two attached hydrogens (primary N) is 1. The first kappa shape index (κ1) is 13.0. The van der Waals surface area contributed by atoms with Gasteiger partial charge in [0.2, 0.25) is 0 Å². The van der Waals surface area contributed by atoms with Gasteiger partial charge >= 0.3 is 0 Å². The van der Waals surface area contributed by atoms with Crippen LogP contribution in [0.3, 0.4) is 0 Å². The Kier molecular flexibility index (Phi) is 4.75. The summed E-state index contributed by atoms with van der Waals surface area (Å²) in [6.45, 7) is 9.48. The Balaban J connectivity index is 2.95. The number of unbranched alkanes of at least 4 members (excludes halogenated alkanes) is 1. The van der Waals surface area contributed by atoms with Gasteiger partial charge in [-0.2, -0.15) is 0 Å². The van der Waals surface area contributed by atoms with E-state index in [-0.39, 0.29) is 0 Å². The first-order valence-electron chi connectivity index (χ1n) is 6.01. The SMILES string of the molecule is C/C(=C\CCCN)c1cc(C)c(C)cc1C. The van der Waals surface area contributed by atoms with E-state index in [1.54, 1.807) is 0 Å². The molecule has 0 radical (unpaired) electrons. The second kappa shape index (κ2) is 5.86. The molecule has 0 saturated carbocycles. The van der Waals surface area contributed by atoms with E-state index >= 15 is 0 Å². The molecule has 0 aliphatic carbocycles. The van der Waals surface area contributed by atoms with Crippen LogP contribution in [-0.4, -0.2) is 6.54 Å². The molecule has 0 fully saturated rings. The Bertz CT molecular complexity index is 389. The predicted octanol–water partition coefficient (Wildman–Crippen LogP) is 3.75. The lowest BCUT2D eigenvalue weighted by Gasteiger charge is -2.10. The van der Waals surface area contributed by atoms with Crippen LogP contribution in [0.4, 0.5) is 0 Å². The molecular weight excluding hydrogens is 194 g/mol. The van der Waals surface area contributed by atoms with Gasteiger partial charge in [-0.05, 0) is 74.9 Å². The topological polar surface area (TPSA) is 26.0 Å². The Morgan fingerprint density at radius 1 is 1.12 bits per heavy atom. The van der Waals surface area contributed by atoms with Gasteiger partial charge in [0.25, 0.3) is 0 Å². The normalized spacial score (nSPS) is 11.9. The maximum absolute atomic E-state index is 5.50. The summed E-state index contributed by atoms with van der Waals surface area (Å²) in [6, 6.07) is 4.56. The monoisotopic (exact) mass is 217 g/mol. The molecule has 1 aromatic rings. The summed E-state index contributed by atoms with van der Waals surface area (Å²) in [5.41, 5.74) is 12.3. The quantitative estimate of drug-likeness (QED) is 0.764. The Morgan fingerprint density at radius 3 is 2.38 bits per heavy atom. The standard InChI is InChI=1S/C15H23N/c1-11(7-5-6-8-16)15-10-13(3)12(2)9-14(15)4/h7,9-10H,5-6,8,16H2,1-4H3/b11-7+. The molecule has 0 heterocycles. The highest BCUT2D eigenvalue weighted by Crippen LogP contribution is 2.22. The van der Waals surface area contributed by atoms with E-state index < -0.39 is 0 Å². The molecule has 0 aromatic heterocycles. The number of benzene rings is 1. The van der Waals surface area contributed by atoms with Crippen molar-refractivity contribution in [3.63, 3.8) is 0 Å². The fourth-order valence-electron chi connectivity index (χ4n) is 1.93. The highest BCUT2D eigenvalue weighted by molar-refractivity contribution is 5.67. The first-order valence-corrected chi connectivity index (χ1v) is 6.01. The Labute approximate surface area is 99.4 Å². The van der Waals surface area contributed by atoms with Crippen LogP contribution in [0.5, 0.6) is 0 Å². The van der Waals surface area contributed by atoms with E-state index in [9.17, 15) is 0 Å². The van der Waals surface area contributed by atoms with Crippen molar-refractivity contribution in [3.8, 4) is 0 Å². The summed E-state index contributed by atoms with van der Waals surface area (Å²) in [6.07, 6.45) is 4.44. The van der Waals surface area contributed by atoms with Crippen LogP contribution < -0.4 is 5.73 Å². The summed E-state index contributed by atoms with van der Waals surface area (Å²) in [5.74, 6) is 0. The fraction of sp³-hybridized carbons (Fsp3) is 0.467. The summed E-state index contributed by atoms with van der Waals surface area (Å²) >= 11 is 0. The molecule has 0 bridgehead atoms. The van der Waals surface area contributed by atoms with Gasteiger partial charge < -0.3 is 5.73 Å². The second-order valence-electron chi connectivity index (χ2n) is 4.57. The minimum Gasteiger partial charge on any atom is -0.330 e. The number of aryl methyl sites for hydroxylation is 3. The molecule has 1 nitrogen and oxygen atoms in total. The Hall–Kier alpha value is -1.08. The minimum absolute atomic E-state index is 0.773. The molecule has 0 aliphatic rings. The van der Waals surface area contributed by atoms with Crippen molar-refractivity contribution in [2.45, 2.75) is 40.5 Å². The van der Waals surface area contributed by atoms with Gasteiger partial charge in [0, 0.05) is 0 Å². The lowest BCUT2D eigenvalue weighted by Crippen LogP contribution is -1.97. The van der Waals surface area contributed by atoms with E-state index in [4.69, 9.17) is 5.73 Å². The molecule has 0 unspecified atom stereocenters. The molecule has 88 valence electrons. The molecule has 0 aliphatic heterocycles. The van der Waals surface area contributed by atoms with E-state index in [0.29, 0.717) is 0 Å². The van der Waals surface area contributed by atoms with Gasteiger partial charge in [-0.3, -0.25) is 0 Å². The van der Waals surface area contributed by atoms with Crippen LogP contribution in [0, 0.1) is 20.8 Å². The van der Waals surface area contributed by atoms with Gasteiger partial charge in [0.05, 0.1) is 0 Å². The van der Waals surface area contributed by atoms with E-state index in [2.05, 4.69) is 45.9 Å². The van der Waals surface area contributed by atoms with Crippen LogP contribution in [0.15, 0.2) is 18.2 Å². The molecule has 1 heteroatoms. The van der Waals surface area contributed by atoms with Gasteiger partial charge in [-0.15, -0.1) is 0 Å². The second-order valence-corrected chi connectivity index (χ2v) is 4.57. The van der Waals surface area contributed by atoms with Gasteiger partial charge in [0.1, 0.15) is 0 Å². The molecule has 1 rings (SSSR count). The minimum atomic E-state index is 0.773. The molecule has 0 amide bonds. The molecule has 2 N–H and O–H groups in total. The zero-order valence-corrected chi connectivity index (χ0v) is 10.9. The van der Waals surface area contributed by atoms with Crippen molar-refractivity contribution < 1.29 is 0 Å². The summed E-state index contributed by atoms with van der Waals surface area (Å²) in [4.78, 5) is 0. The van der Waals surface area contributed by atoms with Crippen LogP contribution >= 0.6 is 0 Å². The van der Waals surface area contributed by atoms with Crippen molar-refractivity contribution in [2.24, 2.45) is 5.73 Å². The maximum Gasteiger partial charge on any atom is -0.00743 e. The molecule has 0 spiro atoms. The van der Waals surface area contributed by atoms with E-state index in [1.165, 1.54) is 27.8 Å². The molecule has 16 heavy (non-hydrogen) atoms. The summed E-state index contributed by atoms with van der Waals surface area (Å²) in [5, 5.41) is 0. The predicted molar refractivity (Wildman–Crippen MR) is 72.6 cm³/mol. The zero-order chi connectivity index (χ0) is 12.1. The van der Waals surface area contributed by atoms with Gasteiger partial charge in [-0.1, -0.05) is 18.2 Å².